The van der Waals surface area contributed by atoms with Crippen molar-refractivity contribution in [3.63, 3.8) is 0 Å². The van der Waals surface area contributed by atoms with Crippen LogP contribution in [-0.4, -0.2) is 25.6 Å². The van der Waals surface area contributed by atoms with Crippen molar-refractivity contribution in [2.24, 2.45) is 0 Å². The third kappa shape index (κ3) is 4.98. The molecule has 1 aliphatic carbocycles. The van der Waals surface area contributed by atoms with E-state index < -0.39 is 26.8 Å². The van der Waals surface area contributed by atoms with Crippen molar-refractivity contribution in [1.82, 2.24) is 5.32 Å². The Morgan fingerprint density at radius 2 is 1.73 bits per heavy atom. The first-order chi connectivity index (χ1) is 14.0. The molecule has 4 nitrogen and oxygen atoms in total. The van der Waals surface area contributed by atoms with Gasteiger partial charge in [-0.05, 0) is 74.6 Å². The number of amides is 1. The van der Waals surface area contributed by atoms with Gasteiger partial charge in [0.2, 0.25) is 0 Å². The number of sulfone groups is 1. The lowest BCUT2D eigenvalue weighted by atomic mass is 9.94. The number of benzene rings is 2. The molecule has 0 spiro atoms. The highest BCUT2D eigenvalue weighted by atomic mass is 35.5. The second-order valence-electron chi connectivity index (χ2n) is 7.48. The summed E-state index contributed by atoms with van der Waals surface area (Å²) in [4.78, 5) is 12.2. The molecule has 2 aromatic rings. The van der Waals surface area contributed by atoms with Crippen LogP contribution in [0.4, 0.5) is 13.2 Å². The highest BCUT2D eigenvalue weighted by Crippen LogP contribution is 2.34. The first kappa shape index (κ1) is 22.6. The van der Waals surface area contributed by atoms with Crippen LogP contribution in [0.3, 0.4) is 0 Å². The van der Waals surface area contributed by atoms with E-state index in [2.05, 4.69) is 5.32 Å². The summed E-state index contributed by atoms with van der Waals surface area (Å²) >= 11 is 5.91. The Labute approximate surface area is 178 Å². The fourth-order valence-electron chi connectivity index (χ4n) is 3.70. The maximum absolute atomic E-state index is 12.9. The van der Waals surface area contributed by atoms with E-state index in [0.29, 0.717) is 29.5 Å². The Morgan fingerprint density at radius 3 is 2.33 bits per heavy atom. The largest absolute Gasteiger partial charge is 0.416 e. The van der Waals surface area contributed by atoms with Crippen molar-refractivity contribution < 1.29 is 26.4 Å². The van der Waals surface area contributed by atoms with Gasteiger partial charge in [-0.2, -0.15) is 13.2 Å². The molecule has 0 saturated heterocycles. The van der Waals surface area contributed by atoms with Crippen LogP contribution in [0.15, 0.2) is 47.4 Å². The lowest BCUT2D eigenvalue weighted by Gasteiger charge is -2.29. The van der Waals surface area contributed by atoms with Gasteiger partial charge in [0.25, 0.3) is 5.91 Å². The number of carbonyl (C=O) groups is 1. The Hall–Kier alpha value is -2.06. The number of carbonyl (C=O) groups excluding carboxylic acids is 1. The van der Waals surface area contributed by atoms with E-state index in [1.807, 2.05) is 0 Å². The number of nitrogens with one attached hydrogen (secondary N) is 1. The van der Waals surface area contributed by atoms with E-state index in [9.17, 15) is 26.4 Å². The molecule has 0 atom stereocenters. The van der Waals surface area contributed by atoms with Crippen LogP contribution in [0.5, 0.6) is 0 Å². The van der Waals surface area contributed by atoms with E-state index in [-0.39, 0.29) is 29.7 Å². The molecule has 9 heteroatoms. The number of halogens is 4. The van der Waals surface area contributed by atoms with Gasteiger partial charge < -0.3 is 5.32 Å². The van der Waals surface area contributed by atoms with Gasteiger partial charge in [0, 0.05) is 16.6 Å². The topological polar surface area (TPSA) is 63.2 Å². The molecule has 0 radical (unpaired) electrons. The minimum absolute atomic E-state index is 0.194. The smallest absolute Gasteiger partial charge is 0.349 e. The summed E-state index contributed by atoms with van der Waals surface area (Å²) in [7, 11) is -3.89. The maximum Gasteiger partial charge on any atom is 0.416 e. The zero-order chi connectivity index (χ0) is 22.1. The van der Waals surface area contributed by atoms with Crippen LogP contribution in [0.25, 0.3) is 0 Å². The normalized spacial score (nSPS) is 20.0. The van der Waals surface area contributed by atoms with Gasteiger partial charge >= 0.3 is 6.18 Å². The predicted molar refractivity (Wildman–Crippen MR) is 108 cm³/mol. The molecule has 0 heterocycles. The average Bonchev–Trinajstić information content (AvgIpc) is 2.67. The first-order valence-corrected chi connectivity index (χ1v) is 11.4. The molecular formula is C21H21ClF3NO3S. The SMILES string of the molecule is Cc1cc(Cl)ccc1C(=O)NC1CCC(S(=O)(=O)c2cccc(C(F)(F)F)c2)CC1. The van der Waals surface area contributed by atoms with Crippen LogP contribution in [-0.2, 0) is 16.0 Å². The molecule has 0 aromatic heterocycles. The van der Waals surface area contributed by atoms with Gasteiger partial charge in [-0.15, -0.1) is 0 Å². The molecule has 30 heavy (non-hydrogen) atoms. The van der Waals surface area contributed by atoms with E-state index in [0.717, 1.165) is 17.7 Å². The molecule has 162 valence electrons. The summed E-state index contributed by atoms with van der Waals surface area (Å²) in [6.45, 7) is 1.78. The number of hydrogen-bond acceptors (Lipinski definition) is 3. The Balaban J connectivity index is 1.65. The fourth-order valence-corrected chi connectivity index (χ4v) is 5.77. The summed E-state index contributed by atoms with van der Waals surface area (Å²) in [6.07, 6.45) is -3.21. The van der Waals surface area contributed by atoms with Gasteiger partial charge in [0.15, 0.2) is 9.84 Å². The first-order valence-electron chi connectivity index (χ1n) is 9.46. The average molecular weight is 460 g/mol. The van der Waals surface area contributed by atoms with Crippen molar-refractivity contribution in [2.45, 2.75) is 55.0 Å². The minimum Gasteiger partial charge on any atom is -0.349 e. The van der Waals surface area contributed by atoms with Gasteiger partial charge in [0.1, 0.15) is 0 Å². The van der Waals surface area contributed by atoms with E-state index >= 15 is 0 Å². The van der Waals surface area contributed by atoms with Gasteiger partial charge in [-0.1, -0.05) is 17.7 Å². The van der Waals surface area contributed by atoms with Crippen LogP contribution in [0.1, 0.15) is 47.2 Å². The van der Waals surface area contributed by atoms with Crippen LogP contribution in [0.2, 0.25) is 5.02 Å². The number of rotatable bonds is 4. The molecule has 0 aliphatic heterocycles. The second-order valence-corrected chi connectivity index (χ2v) is 10.1. The van der Waals surface area contributed by atoms with Crippen molar-refractivity contribution in [1.29, 1.82) is 0 Å². The van der Waals surface area contributed by atoms with E-state index in [4.69, 9.17) is 11.6 Å². The summed E-state index contributed by atoms with van der Waals surface area (Å²) < 4.78 is 64.4. The molecular weight excluding hydrogens is 439 g/mol. The second kappa shape index (κ2) is 8.59. The summed E-state index contributed by atoms with van der Waals surface area (Å²) in [5.74, 6) is -0.256. The highest BCUT2D eigenvalue weighted by molar-refractivity contribution is 7.92. The molecule has 1 fully saturated rings. The Bertz CT molecular complexity index is 1050. The van der Waals surface area contributed by atoms with Crippen molar-refractivity contribution >= 4 is 27.3 Å². The molecule has 0 bridgehead atoms. The number of alkyl halides is 3. The number of hydrogen-bond donors (Lipinski definition) is 1. The Kier molecular flexibility index (Phi) is 6.48. The zero-order valence-electron chi connectivity index (χ0n) is 16.2. The summed E-state index contributed by atoms with van der Waals surface area (Å²) in [5.41, 5.74) is 0.252. The van der Waals surface area contributed by atoms with Crippen LogP contribution >= 0.6 is 11.6 Å². The summed E-state index contributed by atoms with van der Waals surface area (Å²) in [6, 6.07) is 8.60. The lowest BCUT2D eigenvalue weighted by Crippen LogP contribution is -2.40. The predicted octanol–water partition coefficient (Wildman–Crippen LogP) is 5.18. The lowest BCUT2D eigenvalue weighted by molar-refractivity contribution is -0.137. The molecule has 2 aromatic carbocycles. The molecule has 1 saturated carbocycles. The molecule has 1 aliphatic rings. The van der Waals surface area contributed by atoms with Gasteiger partial charge in [-0.25, -0.2) is 8.42 Å². The Morgan fingerprint density at radius 1 is 1.07 bits per heavy atom. The van der Waals surface area contributed by atoms with Gasteiger partial charge in [-0.3, -0.25) is 4.79 Å². The van der Waals surface area contributed by atoms with Gasteiger partial charge in [0.05, 0.1) is 15.7 Å². The van der Waals surface area contributed by atoms with E-state index in [1.54, 1.807) is 25.1 Å². The zero-order valence-corrected chi connectivity index (χ0v) is 17.7. The number of aryl methyl sites for hydroxylation is 1. The third-order valence-corrected chi connectivity index (χ3v) is 7.87. The van der Waals surface area contributed by atoms with Crippen LogP contribution in [0, 0.1) is 6.92 Å². The highest BCUT2D eigenvalue weighted by Gasteiger charge is 2.35. The van der Waals surface area contributed by atoms with Crippen molar-refractivity contribution in [3.05, 3.63) is 64.2 Å². The van der Waals surface area contributed by atoms with Crippen molar-refractivity contribution in [3.8, 4) is 0 Å². The van der Waals surface area contributed by atoms with Crippen molar-refractivity contribution in [2.75, 3.05) is 0 Å². The quantitative estimate of drug-likeness (QED) is 0.685. The fraction of sp³-hybridized carbons (Fsp3) is 0.381. The third-order valence-electron chi connectivity index (χ3n) is 5.37. The molecule has 3 rings (SSSR count). The van der Waals surface area contributed by atoms with Crippen LogP contribution < -0.4 is 5.32 Å². The monoisotopic (exact) mass is 459 g/mol. The molecule has 1 N–H and O–H groups in total. The molecule has 0 unspecified atom stereocenters. The maximum atomic E-state index is 12.9. The molecule has 1 amide bonds. The van der Waals surface area contributed by atoms with E-state index in [1.165, 1.54) is 6.07 Å². The minimum atomic E-state index is -4.60. The summed E-state index contributed by atoms with van der Waals surface area (Å²) in [5, 5.41) is 2.67. The standard InChI is InChI=1S/C21H21ClF3NO3S/c1-13-11-15(22)5-10-19(13)20(27)26-16-6-8-17(9-7-16)30(28,29)18-4-2-3-14(12-18)21(23,24)25/h2-5,10-12,16-17H,6-9H2,1H3,(H,26,27).